The Morgan fingerprint density at radius 1 is 1.53 bits per heavy atom. The summed E-state index contributed by atoms with van der Waals surface area (Å²) in [5.74, 6) is -0.815. The molecular formula is C13H13ClN2O2S. The smallest absolute Gasteiger partial charge is 0.303 e. The fourth-order valence-corrected chi connectivity index (χ4v) is 2.63. The summed E-state index contributed by atoms with van der Waals surface area (Å²) in [4.78, 5) is 14.8. The first kappa shape index (κ1) is 13.8. The van der Waals surface area contributed by atoms with Gasteiger partial charge in [-0.15, -0.1) is 11.3 Å². The summed E-state index contributed by atoms with van der Waals surface area (Å²) in [6, 6.07) is 5.67. The van der Waals surface area contributed by atoms with Crippen molar-refractivity contribution < 1.29 is 9.90 Å². The molecule has 0 atom stereocenters. The Kier molecular flexibility index (Phi) is 4.39. The first-order valence-corrected chi connectivity index (χ1v) is 7.00. The Hall–Kier alpha value is -1.59. The average Bonchev–Trinajstić information content (AvgIpc) is 2.79. The molecular weight excluding hydrogens is 284 g/mol. The lowest BCUT2D eigenvalue weighted by Gasteiger charge is -2.08. The number of carboxylic acid groups (broad SMARTS) is 1. The molecule has 2 aromatic rings. The van der Waals surface area contributed by atoms with Crippen LogP contribution in [-0.4, -0.2) is 16.1 Å². The van der Waals surface area contributed by atoms with Gasteiger partial charge in [-0.1, -0.05) is 23.7 Å². The number of aliphatic carboxylic acids is 1. The van der Waals surface area contributed by atoms with Gasteiger partial charge in [0.2, 0.25) is 0 Å². The van der Waals surface area contributed by atoms with E-state index < -0.39 is 5.97 Å². The Bertz CT molecular complexity index is 578. The van der Waals surface area contributed by atoms with E-state index in [-0.39, 0.29) is 6.42 Å². The van der Waals surface area contributed by atoms with Crippen molar-refractivity contribution in [3.63, 3.8) is 0 Å². The van der Waals surface area contributed by atoms with Gasteiger partial charge < -0.3 is 10.4 Å². The number of halogens is 1. The van der Waals surface area contributed by atoms with E-state index in [4.69, 9.17) is 16.7 Å². The number of hydrogen-bond donors (Lipinski definition) is 2. The molecule has 1 aromatic carbocycles. The SMILES string of the molecule is Cc1cccc(Cl)c1Nc1nc(CCC(=O)O)cs1. The predicted octanol–water partition coefficient (Wildman–Crippen LogP) is 3.87. The highest BCUT2D eigenvalue weighted by molar-refractivity contribution is 7.13. The molecule has 100 valence electrons. The Morgan fingerprint density at radius 3 is 3.00 bits per heavy atom. The van der Waals surface area contributed by atoms with Crippen LogP contribution in [0.1, 0.15) is 17.7 Å². The quantitative estimate of drug-likeness (QED) is 0.879. The van der Waals surface area contributed by atoms with Gasteiger partial charge in [0.05, 0.1) is 22.8 Å². The van der Waals surface area contributed by atoms with Crippen molar-refractivity contribution in [1.29, 1.82) is 0 Å². The number of nitrogens with one attached hydrogen (secondary N) is 1. The zero-order valence-corrected chi connectivity index (χ0v) is 11.9. The molecule has 0 aliphatic rings. The van der Waals surface area contributed by atoms with E-state index in [0.717, 1.165) is 22.1 Å². The van der Waals surface area contributed by atoms with Crippen LogP contribution in [0.4, 0.5) is 10.8 Å². The first-order chi connectivity index (χ1) is 9.06. The monoisotopic (exact) mass is 296 g/mol. The predicted molar refractivity (Wildman–Crippen MR) is 77.5 cm³/mol. The van der Waals surface area contributed by atoms with Crippen LogP contribution in [0.5, 0.6) is 0 Å². The van der Waals surface area contributed by atoms with Crippen LogP contribution in [0.15, 0.2) is 23.6 Å². The third-order valence-electron chi connectivity index (χ3n) is 2.60. The van der Waals surface area contributed by atoms with E-state index in [1.165, 1.54) is 11.3 Å². The second-order valence-electron chi connectivity index (χ2n) is 4.09. The highest BCUT2D eigenvalue weighted by Crippen LogP contribution is 2.30. The minimum atomic E-state index is -0.815. The number of carboxylic acids is 1. The van der Waals surface area contributed by atoms with E-state index in [1.807, 2.05) is 30.5 Å². The van der Waals surface area contributed by atoms with Crippen molar-refractivity contribution in [3.8, 4) is 0 Å². The molecule has 0 saturated carbocycles. The Labute approximate surface area is 120 Å². The van der Waals surface area contributed by atoms with Crippen LogP contribution >= 0.6 is 22.9 Å². The zero-order chi connectivity index (χ0) is 13.8. The van der Waals surface area contributed by atoms with Crippen molar-refractivity contribution in [1.82, 2.24) is 4.98 Å². The molecule has 0 spiro atoms. The zero-order valence-electron chi connectivity index (χ0n) is 10.3. The lowest BCUT2D eigenvalue weighted by Crippen LogP contribution is -1.98. The van der Waals surface area contributed by atoms with Gasteiger partial charge in [0.15, 0.2) is 5.13 Å². The van der Waals surface area contributed by atoms with E-state index in [0.29, 0.717) is 11.4 Å². The normalized spacial score (nSPS) is 10.4. The van der Waals surface area contributed by atoms with Gasteiger partial charge >= 0.3 is 5.97 Å². The number of aryl methyl sites for hydroxylation is 2. The van der Waals surface area contributed by atoms with Crippen LogP contribution in [-0.2, 0) is 11.2 Å². The van der Waals surface area contributed by atoms with Gasteiger partial charge in [0.1, 0.15) is 0 Å². The summed E-state index contributed by atoms with van der Waals surface area (Å²) in [7, 11) is 0. The maximum absolute atomic E-state index is 10.5. The molecule has 2 N–H and O–H groups in total. The van der Waals surface area contributed by atoms with Gasteiger partial charge in [-0.3, -0.25) is 4.79 Å². The number of aromatic nitrogens is 1. The Morgan fingerprint density at radius 2 is 2.32 bits per heavy atom. The third-order valence-corrected chi connectivity index (χ3v) is 3.72. The number of benzene rings is 1. The molecule has 0 saturated heterocycles. The average molecular weight is 297 g/mol. The molecule has 0 fully saturated rings. The number of nitrogens with zero attached hydrogens (tertiary/aromatic N) is 1. The molecule has 2 rings (SSSR count). The molecule has 4 nitrogen and oxygen atoms in total. The molecule has 0 aliphatic heterocycles. The summed E-state index contributed by atoms with van der Waals surface area (Å²) >= 11 is 7.57. The molecule has 1 aromatic heterocycles. The maximum atomic E-state index is 10.5. The minimum absolute atomic E-state index is 0.0916. The van der Waals surface area contributed by atoms with Gasteiger partial charge in [-0.2, -0.15) is 0 Å². The topological polar surface area (TPSA) is 62.2 Å². The van der Waals surface area contributed by atoms with Crippen molar-refractivity contribution in [2.45, 2.75) is 19.8 Å². The van der Waals surface area contributed by atoms with Crippen molar-refractivity contribution in [2.24, 2.45) is 0 Å². The number of carbonyl (C=O) groups is 1. The Balaban J connectivity index is 2.09. The molecule has 0 aliphatic carbocycles. The highest BCUT2D eigenvalue weighted by Gasteiger charge is 2.08. The molecule has 19 heavy (non-hydrogen) atoms. The van der Waals surface area contributed by atoms with Gasteiger partial charge in [-0.25, -0.2) is 4.98 Å². The largest absolute Gasteiger partial charge is 0.481 e. The van der Waals surface area contributed by atoms with Gasteiger partial charge in [0.25, 0.3) is 0 Å². The number of hydrogen-bond acceptors (Lipinski definition) is 4. The molecule has 0 unspecified atom stereocenters. The van der Waals surface area contributed by atoms with E-state index in [1.54, 1.807) is 0 Å². The van der Waals surface area contributed by atoms with Gasteiger partial charge in [-0.05, 0) is 18.6 Å². The van der Waals surface area contributed by atoms with Crippen LogP contribution in [0.25, 0.3) is 0 Å². The van der Waals surface area contributed by atoms with Crippen LogP contribution in [0, 0.1) is 6.92 Å². The van der Waals surface area contributed by atoms with Crippen LogP contribution < -0.4 is 5.32 Å². The van der Waals surface area contributed by atoms with Crippen molar-refractivity contribution in [3.05, 3.63) is 39.9 Å². The standard InChI is InChI=1S/C13H13ClN2O2S/c1-8-3-2-4-10(14)12(8)16-13-15-9(7-19-13)5-6-11(17)18/h2-4,7H,5-6H2,1H3,(H,15,16)(H,17,18). The molecule has 1 heterocycles. The van der Waals surface area contributed by atoms with Crippen molar-refractivity contribution >= 4 is 39.7 Å². The number of para-hydroxylation sites is 1. The fraction of sp³-hybridized carbons (Fsp3) is 0.231. The minimum Gasteiger partial charge on any atom is -0.481 e. The van der Waals surface area contributed by atoms with E-state index in [2.05, 4.69) is 10.3 Å². The summed E-state index contributed by atoms with van der Waals surface area (Å²) < 4.78 is 0. The molecule has 6 heteroatoms. The van der Waals surface area contributed by atoms with Gasteiger partial charge in [0, 0.05) is 11.8 Å². The number of anilines is 2. The molecule has 0 bridgehead atoms. The van der Waals surface area contributed by atoms with E-state index in [9.17, 15) is 4.79 Å². The first-order valence-electron chi connectivity index (χ1n) is 5.74. The second-order valence-corrected chi connectivity index (χ2v) is 5.36. The summed E-state index contributed by atoms with van der Waals surface area (Å²) in [6.45, 7) is 1.97. The third kappa shape index (κ3) is 3.68. The fourth-order valence-electron chi connectivity index (χ4n) is 1.61. The number of rotatable bonds is 5. The molecule has 0 amide bonds. The maximum Gasteiger partial charge on any atom is 0.303 e. The van der Waals surface area contributed by atoms with E-state index >= 15 is 0 Å². The summed E-state index contributed by atoms with van der Waals surface area (Å²) in [5.41, 5.74) is 2.65. The highest BCUT2D eigenvalue weighted by atomic mass is 35.5. The van der Waals surface area contributed by atoms with Crippen molar-refractivity contribution in [2.75, 3.05) is 5.32 Å². The lowest BCUT2D eigenvalue weighted by molar-refractivity contribution is -0.136. The lowest BCUT2D eigenvalue weighted by atomic mass is 10.2. The van der Waals surface area contributed by atoms with Crippen LogP contribution in [0.2, 0.25) is 5.02 Å². The van der Waals surface area contributed by atoms with Crippen LogP contribution in [0.3, 0.4) is 0 Å². The summed E-state index contributed by atoms with van der Waals surface area (Å²) in [6.07, 6.45) is 0.531. The molecule has 0 radical (unpaired) electrons. The number of thiazole rings is 1. The summed E-state index contributed by atoms with van der Waals surface area (Å²) in [5, 5.41) is 15.0. The second kappa shape index (κ2) is 6.04.